The minimum Gasteiger partial charge on any atom is -0.367 e. The van der Waals surface area contributed by atoms with Crippen LogP contribution in [0.2, 0.25) is 0 Å². The summed E-state index contributed by atoms with van der Waals surface area (Å²) in [6.07, 6.45) is 3.66. The first-order chi connectivity index (χ1) is 9.10. The molecule has 1 aliphatic rings. The second-order valence-electron chi connectivity index (χ2n) is 4.97. The molecule has 2 heterocycles. The molecule has 0 aromatic carbocycles. The highest BCUT2D eigenvalue weighted by atomic mass is 16.6. The molecule has 1 N–H and O–H groups in total. The SMILES string of the molecule is CCN1CCC(Nc2cc([N+](=O)[O-])c(C)cn2)CC1. The van der Waals surface area contributed by atoms with Crippen molar-refractivity contribution < 1.29 is 4.92 Å². The summed E-state index contributed by atoms with van der Waals surface area (Å²) < 4.78 is 0. The molecule has 1 aliphatic heterocycles. The van der Waals surface area contributed by atoms with Gasteiger partial charge in [0.05, 0.1) is 11.0 Å². The van der Waals surface area contributed by atoms with Crippen molar-refractivity contribution in [2.24, 2.45) is 0 Å². The van der Waals surface area contributed by atoms with E-state index in [1.807, 2.05) is 0 Å². The number of aromatic nitrogens is 1. The predicted molar refractivity (Wildman–Crippen MR) is 74.4 cm³/mol. The van der Waals surface area contributed by atoms with Crippen LogP contribution in [-0.2, 0) is 0 Å². The zero-order valence-electron chi connectivity index (χ0n) is 11.4. The number of nitro groups is 1. The number of likely N-dealkylation sites (tertiary alicyclic amines) is 1. The van der Waals surface area contributed by atoms with E-state index < -0.39 is 0 Å². The molecular weight excluding hydrogens is 244 g/mol. The normalized spacial score (nSPS) is 17.4. The van der Waals surface area contributed by atoms with E-state index in [0.717, 1.165) is 32.5 Å². The molecule has 2 rings (SSSR count). The van der Waals surface area contributed by atoms with Crippen molar-refractivity contribution in [3.05, 3.63) is 27.9 Å². The number of anilines is 1. The van der Waals surface area contributed by atoms with Gasteiger partial charge in [0.15, 0.2) is 0 Å². The summed E-state index contributed by atoms with van der Waals surface area (Å²) >= 11 is 0. The third kappa shape index (κ3) is 3.41. The van der Waals surface area contributed by atoms with E-state index in [1.165, 1.54) is 6.07 Å². The summed E-state index contributed by atoms with van der Waals surface area (Å²) in [7, 11) is 0. The fourth-order valence-electron chi connectivity index (χ4n) is 2.39. The number of piperidine rings is 1. The van der Waals surface area contributed by atoms with Gasteiger partial charge >= 0.3 is 0 Å². The van der Waals surface area contributed by atoms with E-state index in [4.69, 9.17) is 0 Å². The van der Waals surface area contributed by atoms with E-state index in [2.05, 4.69) is 22.1 Å². The molecule has 6 heteroatoms. The van der Waals surface area contributed by atoms with Crippen LogP contribution in [0, 0.1) is 17.0 Å². The molecule has 0 spiro atoms. The van der Waals surface area contributed by atoms with E-state index in [1.54, 1.807) is 13.1 Å². The van der Waals surface area contributed by atoms with Crippen molar-refractivity contribution in [1.82, 2.24) is 9.88 Å². The number of hydrogen-bond donors (Lipinski definition) is 1. The monoisotopic (exact) mass is 264 g/mol. The molecule has 1 fully saturated rings. The molecule has 1 aromatic rings. The summed E-state index contributed by atoms with van der Waals surface area (Å²) in [4.78, 5) is 17.2. The van der Waals surface area contributed by atoms with Gasteiger partial charge in [-0.25, -0.2) is 4.98 Å². The van der Waals surface area contributed by atoms with Crippen molar-refractivity contribution in [1.29, 1.82) is 0 Å². The highest BCUT2D eigenvalue weighted by Crippen LogP contribution is 2.22. The second-order valence-corrected chi connectivity index (χ2v) is 4.97. The number of pyridine rings is 1. The molecule has 0 radical (unpaired) electrons. The Kier molecular flexibility index (Phi) is 4.31. The minimum atomic E-state index is -0.359. The Morgan fingerprint density at radius 1 is 1.53 bits per heavy atom. The Balaban J connectivity index is 2.00. The number of nitrogens with zero attached hydrogens (tertiary/aromatic N) is 3. The van der Waals surface area contributed by atoms with E-state index in [0.29, 0.717) is 17.4 Å². The fourth-order valence-corrected chi connectivity index (χ4v) is 2.39. The molecule has 0 amide bonds. The summed E-state index contributed by atoms with van der Waals surface area (Å²) in [6, 6.07) is 1.89. The maximum absolute atomic E-state index is 10.9. The molecule has 0 bridgehead atoms. The van der Waals surface area contributed by atoms with Crippen molar-refractivity contribution in [3.8, 4) is 0 Å². The molecule has 0 unspecified atom stereocenters. The lowest BCUT2D eigenvalue weighted by Crippen LogP contribution is -2.39. The summed E-state index contributed by atoms with van der Waals surface area (Å²) in [5.74, 6) is 0.604. The first-order valence-corrected chi connectivity index (χ1v) is 6.70. The summed E-state index contributed by atoms with van der Waals surface area (Å²) in [6.45, 7) is 7.10. The Hall–Kier alpha value is -1.69. The Bertz CT molecular complexity index is 456. The number of nitrogens with one attached hydrogen (secondary N) is 1. The van der Waals surface area contributed by atoms with Crippen LogP contribution in [0.4, 0.5) is 11.5 Å². The number of rotatable bonds is 4. The third-order valence-electron chi connectivity index (χ3n) is 3.66. The minimum absolute atomic E-state index is 0.128. The molecule has 19 heavy (non-hydrogen) atoms. The summed E-state index contributed by atoms with van der Waals surface area (Å²) in [5, 5.41) is 14.2. The van der Waals surface area contributed by atoms with Crippen molar-refractivity contribution >= 4 is 11.5 Å². The van der Waals surface area contributed by atoms with E-state index in [-0.39, 0.29) is 10.6 Å². The van der Waals surface area contributed by atoms with Crippen molar-refractivity contribution in [2.45, 2.75) is 32.7 Å². The van der Waals surface area contributed by atoms with Gasteiger partial charge in [-0.05, 0) is 26.3 Å². The molecular formula is C13H20N4O2. The van der Waals surface area contributed by atoms with Crippen LogP contribution in [0.15, 0.2) is 12.3 Å². The lowest BCUT2D eigenvalue weighted by molar-refractivity contribution is -0.385. The molecule has 1 saturated heterocycles. The summed E-state index contributed by atoms with van der Waals surface area (Å²) in [5.41, 5.74) is 0.722. The van der Waals surface area contributed by atoms with Crippen LogP contribution < -0.4 is 5.32 Å². The Morgan fingerprint density at radius 3 is 2.79 bits per heavy atom. The fraction of sp³-hybridized carbons (Fsp3) is 0.615. The molecule has 104 valence electrons. The molecule has 6 nitrogen and oxygen atoms in total. The maximum Gasteiger partial charge on any atom is 0.277 e. The second kappa shape index (κ2) is 5.97. The van der Waals surface area contributed by atoms with Gasteiger partial charge < -0.3 is 10.2 Å². The van der Waals surface area contributed by atoms with Gasteiger partial charge in [-0.2, -0.15) is 0 Å². The largest absolute Gasteiger partial charge is 0.367 e. The standard InChI is InChI=1S/C13H20N4O2/c1-3-16-6-4-11(5-7-16)15-13-8-12(17(18)19)10(2)9-14-13/h8-9,11H,3-7H2,1-2H3,(H,14,15). The van der Waals surface area contributed by atoms with Gasteiger partial charge in [0.2, 0.25) is 0 Å². The lowest BCUT2D eigenvalue weighted by Gasteiger charge is -2.31. The van der Waals surface area contributed by atoms with Crippen LogP contribution in [0.3, 0.4) is 0 Å². The number of hydrogen-bond acceptors (Lipinski definition) is 5. The van der Waals surface area contributed by atoms with Crippen molar-refractivity contribution in [3.63, 3.8) is 0 Å². The highest BCUT2D eigenvalue weighted by molar-refractivity contribution is 5.49. The van der Waals surface area contributed by atoms with Crippen LogP contribution >= 0.6 is 0 Å². The van der Waals surface area contributed by atoms with Gasteiger partial charge in [0, 0.05) is 30.9 Å². The van der Waals surface area contributed by atoms with Gasteiger partial charge in [0.1, 0.15) is 5.82 Å². The number of aryl methyl sites for hydroxylation is 1. The Morgan fingerprint density at radius 2 is 2.21 bits per heavy atom. The van der Waals surface area contributed by atoms with Crippen LogP contribution in [-0.4, -0.2) is 40.5 Å². The topological polar surface area (TPSA) is 71.3 Å². The smallest absolute Gasteiger partial charge is 0.277 e. The zero-order valence-corrected chi connectivity index (χ0v) is 11.4. The van der Waals surface area contributed by atoms with Crippen LogP contribution in [0.5, 0.6) is 0 Å². The predicted octanol–water partition coefficient (Wildman–Crippen LogP) is 2.19. The molecule has 0 aliphatic carbocycles. The van der Waals surface area contributed by atoms with Gasteiger partial charge in [-0.1, -0.05) is 6.92 Å². The van der Waals surface area contributed by atoms with Gasteiger partial charge in [0.25, 0.3) is 5.69 Å². The van der Waals surface area contributed by atoms with Gasteiger partial charge in [-0.15, -0.1) is 0 Å². The third-order valence-corrected chi connectivity index (χ3v) is 3.66. The quantitative estimate of drug-likeness (QED) is 0.666. The highest BCUT2D eigenvalue weighted by Gasteiger charge is 2.19. The molecule has 0 atom stereocenters. The van der Waals surface area contributed by atoms with Gasteiger partial charge in [-0.3, -0.25) is 10.1 Å². The average molecular weight is 264 g/mol. The first-order valence-electron chi connectivity index (χ1n) is 6.70. The van der Waals surface area contributed by atoms with E-state index >= 15 is 0 Å². The Labute approximate surface area is 113 Å². The molecule has 0 saturated carbocycles. The average Bonchev–Trinajstić information content (AvgIpc) is 2.41. The van der Waals surface area contributed by atoms with E-state index in [9.17, 15) is 10.1 Å². The maximum atomic E-state index is 10.9. The van der Waals surface area contributed by atoms with Crippen LogP contribution in [0.1, 0.15) is 25.3 Å². The zero-order chi connectivity index (χ0) is 13.8. The van der Waals surface area contributed by atoms with Crippen LogP contribution in [0.25, 0.3) is 0 Å². The van der Waals surface area contributed by atoms with Crippen molar-refractivity contribution in [2.75, 3.05) is 25.0 Å². The first kappa shape index (κ1) is 13.7. The lowest BCUT2D eigenvalue weighted by atomic mass is 10.1. The molecule has 1 aromatic heterocycles.